The summed E-state index contributed by atoms with van der Waals surface area (Å²) in [6, 6.07) is 23.9. The van der Waals surface area contributed by atoms with Crippen LogP contribution in [0.5, 0.6) is 11.5 Å². The van der Waals surface area contributed by atoms with Crippen molar-refractivity contribution in [3.8, 4) is 22.6 Å². The van der Waals surface area contributed by atoms with Crippen molar-refractivity contribution in [2.45, 2.75) is 13.1 Å². The van der Waals surface area contributed by atoms with Gasteiger partial charge in [0.1, 0.15) is 5.69 Å². The number of fused-ring (bicyclic) bond motifs is 1. The Morgan fingerprint density at radius 1 is 0.953 bits per heavy atom. The number of H-pyrrole nitrogens is 1. The number of carbonyl (C=O) groups is 2. The monoisotopic (exact) mass is 697 g/mol. The van der Waals surface area contributed by atoms with Gasteiger partial charge in [0, 0.05) is 14.5 Å². The molecule has 11 heteroatoms. The van der Waals surface area contributed by atoms with Gasteiger partial charge in [-0.3, -0.25) is 4.79 Å². The van der Waals surface area contributed by atoms with Gasteiger partial charge in [-0.2, -0.15) is 18.3 Å². The van der Waals surface area contributed by atoms with Gasteiger partial charge < -0.3 is 14.5 Å². The number of aromatic amines is 1. The maximum Gasteiger partial charge on any atom is 0.416 e. The number of para-hydroxylation sites is 1. The van der Waals surface area contributed by atoms with E-state index < -0.39 is 23.6 Å². The molecule has 0 radical (unpaired) electrons. The number of benzene rings is 4. The third-order valence-corrected chi connectivity index (χ3v) is 7.25. The molecule has 1 amide bonds. The molecule has 0 saturated carbocycles. The number of ether oxygens (including phenoxy) is 2. The highest BCUT2D eigenvalue weighted by Crippen LogP contribution is 2.35. The van der Waals surface area contributed by atoms with Crippen LogP contribution in [-0.2, 0) is 6.18 Å². The fourth-order valence-corrected chi connectivity index (χ4v) is 5.05. The molecule has 0 spiro atoms. The van der Waals surface area contributed by atoms with Crippen LogP contribution in [0.25, 0.3) is 22.0 Å². The van der Waals surface area contributed by atoms with Gasteiger partial charge in [-0.15, -0.1) is 0 Å². The molecule has 5 rings (SSSR count). The molecule has 0 aliphatic carbocycles. The Hall–Kier alpha value is -4.65. The van der Waals surface area contributed by atoms with Crippen molar-refractivity contribution in [2.75, 3.05) is 6.61 Å². The van der Waals surface area contributed by atoms with E-state index in [9.17, 15) is 22.8 Å². The second kappa shape index (κ2) is 12.7. The quantitative estimate of drug-likeness (QED) is 0.0569. The Kier molecular flexibility index (Phi) is 8.81. The number of alkyl halides is 3. The minimum atomic E-state index is -4.60. The zero-order valence-corrected chi connectivity index (χ0v) is 24.7. The van der Waals surface area contributed by atoms with Gasteiger partial charge in [-0.25, -0.2) is 10.2 Å². The maximum absolute atomic E-state index is 13.3. The number of halogens is 4. The number of aromatic nitrogens is 1. The number of esters is 1. The molecule has 0 aliphatic rings. The van der Waals surface area contributed by atoms with Crippen molar-refractivity contribution in [3.05, 3.63) is 117 Å². The molecule has 4 aromatic carbocycles. The molecule has 1 heterocycles. The summed E-state index contributed by atoms with van der Waals surface area (Å²) in [5.41, 5.74) is 4.68. The summed E-state index contributed by atoms with van der Waals surface area (Å²) in [4.78, 5) is 29.1. The molecule has 0 fully saturated rings. The predicted octanol–water partition coefficient (Wildman–Crippen LogP) is 7.84. The lowest BCUT2D eigenvalue weighted by molar-refractivity contribution is -0.137. The highest BCUT2D eigenvalue weighted by Gasteiger charge is 2.31. The first-order valence-corrected chi connectivity index (χ1v) is 14.1. The van der Waals surface area contributed by atoms with E-state index in [0.29, 0.717) is 11.3 Å². The van der Waals surface area contributed by atoms with Crippen LogP contribution >= 0.6 is 22.6 Å². The number of hydrogen-bond acceptors (Lipinski definition) is 5. The average molecular weight is 697 g/mol. The molecule has 0 saturated heterocycles. The van der Waals surface area contributed by atoms with E-state index in [1.165, 1.54) is 24.4 Å². The lowest BCUT2D eigenvalue weighted by Crippen LogP contribution is -2.19. The van der Waals surface area contributed by atoms with Gasteiger partial charge in [-0.05, 0) is 83.1 Å². The number of rotatable bonds is 8. The van der Waals surface area contributed by atoms with Crippen molar-refractivity contribution >= 4 is 51.6 Å². The SMILES string of the molecule is CCOc1cc(C=NNC(=O)c2[nH]c3c(I)cccc3c2-c2ccccc2)ccc1OC(=O)c1cccc(C(F)(F)F)c1. The minimum absolute atomic E-state index is 0.0191. The van der Waals surface area contributed by atoms with Gasteiger partial charge in [-0.1, -0.05) is 48.5 Å². The molecule has 0 aliphatic heterocycles. The largest absolute Gasteiger partial charge is 0.490 e. The molecule has 0 unspecified atom stereocenters. The summed E-state index contributed by atoms with van der Waals surface area (Å²) in [6.45, 7) is 1.96. The summed E-state index contributed by atoms with van der Waals surface area (Å²) < 4.78 is 51.1. The first-order chi connectivity index (χ1) is 20.7. The van der Waals surface area contributed by atoms with Crippen LogP contribution in [0.4, 0.5) is 13.2 Å². The molecule has 1 aromatic heterocycles. The van der Waals surface area contributed by atoms with Crippen LogP contribution in [-0.4, -0.2) is 29.7 Å². The lowest BCUT2D eigenvalue weighted by Gasteiger charge is -2.12. The Bertz CT molecular complexity index is 1840. The number of amides is 1. The van der Waals surface area contributed by atoms with E-state index in [1.54, 1.807) is 13.0 Å². The van der Waals surface area contributed by atoms with Crippen LogP contribution in [0.2, 0.25) is 0 Å². The smallest absolute Gasteiger partial charge is 0.416 e. The first-order valence-electron chi connectivity index (χ1n) is 13.0. The summed E-state index contributed by atoms with van der Waals surface area (Å²) >= 11 is 2.21. The van der Waals surface area contributed by atoms with Crippen LogP contribution in [0.1, 0.15) is 38.9 Å². The highest BCUT2D eigenvalue weighted by molar-refractivity contribution is 14.1. The summed E-state index contributed by atoms with van der Waals surface area (Å²) in [5, 5.41) is 5.01. The van der Waals surface area contributed by atoms with Gasteiger partial charge in [0.15, 0.2) is 11.5 Å². The topological polar surface area (TPSA) is 92.8 Å². The number of nitrogens with one attached hydrogen (secondary N) is 2. The first kappa shape index (κ1) is 29.8. The Labute approximate surface area is 257 Å². The van der Waals surface area contributed by atoms with Crippen molar-refractivity contribution in [3.63, 3.8) is 0 Å². The van der Waals surface area contributed by atoms with E-state index in [1.807, 2.05) is 48.5 Å². The molecule has 0 atom stereocenters. The van der Waals surface area contributed by atoms with Crippen molar-refractivity contribution in [2.24, 2.45) is 5.10 Å². The van der Waals surface area contributed by atoms with Crippen LogP contribution in [0.15, 0.2) is 96.1 Å². The Morgan fingerprint density at radius 3 is 2.47 bits per heavy atom. The second-order valence-corrected chi connectivity index (χ2v) is 10.4. The summed E-state index contributed by atoms with van der Waals surface area (Å²) in [7, 11) is 0. The highest BCUT2D eigenvalue weighted by atomic mass is 127. The van der Waals surface area contributed by atoms with E-state index in [4.69, 9.17) is 9.47 Å². The summed E-state index contributed by atoms with van der Waals surface area (Å²) in [6.07, 6.45) is -3.20. The van der Waals surface area contributed by atoms with Gasteiger partial charge in [0.25, 0.3) is 5.91 Å². The zero-order valence-electron chi connectivity index (χ0n) is 22.5. The third kappa shape index (κ3) is 6.72. The molecular weight excluding hydrogens is 674 g/mol. The standard InChI is InChI=1S/C32H23F3IN3O4/c1-2-42-26-16-19(14-15-25(26)43-31(41)21-10-6-11-22(17-21)32(33,34)35)18-37-39-30(40)29-27(20-8-4-3-5-9-20)23-12-7-13-24(36)28(23)38-29/h3-18,38H,2H2,1H3,(H,39,40). The van der Waals surface area contributed by atoms with E-state index in [0.717, 1.165) is 43.8 Å². The fourth-order valence-electron chi connectivity index (χ4n) is 4.42. The van der Waals surface area contributed by atoms with Gasteiger partial charge in [0.2, 0.25) is 0 Å². The maximum atomic E-state index is 13.3. The predicted molar refractivity (Wildman–Crippen MR) is 166 cm³/mol. The van der Waals surface area contributed by atoms with Crippen LogP contribution in [0, 0.1) is 3.57 Å². The summed E-state index contributed by atoms with van der Waals surface area (Å²) in [5.74, 6) is -1.22. The minimum Gasteiger partial charge on any atom is -0.490 e. The van der Waals surface area contributed by atoms with Gasteiger partial charge in [0.05, 0.1) is 29.5 Å². The molecular formula is C32H23F3IN3O4. The molecule has 5 aromatic rings. The number of hydrogen-bond donors (Lipinski definition) is 2. The number of carbonyl (C=O) groups excluding carboxylic acids is 2. The van der Waals surface area contributed by atoms with E-state index in [2.05, 4.69) is 38.1 Å². The zero-order chi connectivity index (χ0) is 30.6. The normalized spacial score (nSPS) is 11.6. The van der Waals surface area contributed by atoms with Crippen LogP contribution < -0.4 is 14.9 Å². The van der Waals surface area contributed by atoms with Crippen molar-refractivity contribution < 1.29 is 32.2 Å². The molecule has 7 nitrogen and oxygen atoms in total. The van der Waals surface area contributed by atoms with Crippen molar-refractivity contribution in [1.29, 1.82) is 0 Å². The Balaban J connectivity index is 1.35. The second-order valence-electron chi connectivity index (χ2n) is 9.21. The average Bonchev–Trinajstić information content (AvgIpc) is 3.40. The lowest BCUT2D eigenvalue weighted by atomic mass is 10.0. The molecule has 218 valence electrons. The molecule has 2 N–H and O–H groups in total. The van der Waals surface area contributed by atoms with E-state index in [-0.39, 0.29) is 23.7 Å². The van der Waals surface area contributed by atoms with Crippen LogP contribution in [0.3, 0.4) is 0 Å². The number of hydrazone groups is 1. The fraction of sp³-hybridized carbons (Fsp3) is 0.0938. The number of nitrogens with zero attached hydrogens (tertiary/aromatic N) is 1. The van der Waals surface area contributed by atoms with E-state index >= 15 is 0 Å². The molecule has 0 bridgehead atoms. The van der Waals surface area contributed by atoms with Crippen molar-refractivity contribution in [1.82, 2.24) is 10.4 Å². The van der Waals surface area contributed by atoms with Gasteiger partial charge >= 0.3 is 12.1 Å². The third-order valence-electron chi connectivity index (χ3n) is 6.35. The molecule has 43 heavy (non-hydrogen) atoms. The Morgan fingerprint density at radius 2 is 1.72 bits per heavy atom.